The molecular weight excluding hydrogens is 320 g/mol. The number of fused-ring (bicyclic) bond motifs is 1. The first-order valence-corrected chi connectivity index (χ1v) is 7.10. The molecule has 8 heteroatoms. The van der Waals surface area contributed by atoms with Crippen LogP contribution in [-0.2, 0) is 14.3 Å². The highest BCUT2D eigenvalue weighted by Crippen LogP contribution is 2.18. The molecule has 118 valence electrons. The molecule has 0 fully saturated rings. The Hall–Kier alpha value is -2.85. The summed E-state index contributed by atoms with van der Waals surface area (Å²) < 4.78 is 6.51. The van der Waals surface area contributed by atoms with Gasteiger partial charge in [-0.25, -0.2) is 9.78 Å². The molecular formula is C15H13ClN4O3. The number of nitrogens with one attached hydrogen (secondary N) is 1. The van der Waals surface area contributed by atoms with E-state index in [4.69, 9.17) is 21.6 Å². The third kappa shape index (κ3) is 4.56. The van der Waals surface area contributed by atoms with Crippen molar-refractivity contribution in [3.05, 3.63) is 41.3 Å². The van der Waals surface area contributed by atoms with Gasteiger partial charge in [-0.1, -0.05) is 17.7 Å². The second-order valence-corrected chi connectivity index (χ2v) is 4.77. The van der Waals surface area contributed by atoms with Gasteiger partial charge in [-0.15, -0.1) is 0 Å². The maximum absolute atomic E-state index is 11.6. The number of amides is 1. The number of pyridine rings is 1. The van der Waals surface area contributed by atoms with Crippen LogP contribution in [0.2, 0.25) is 5.15 Å². The van der Waals surface area contributed by atoms with E-state index in [1.54, 1.807) is 16.7 Å². The Bertz CT molecular complexity index is 792. The molecule has 0 aliphatic carbocycles. The van der Waals surface area contributed by atoms with E-state index >= 15 is 0 Å². The minimum atomic E-state index is -0.678. The molecule has 2 heterocycles. The molecule has 0 aliphatic heterocycles. The van der Waals surface area contributed by atoms with Gasteiger partial charge in [0.1, 0.15) is 5.65 Å². The molecule has 7 nitrogen and oxygen atoms in total. The number of ether oxygens (including phenoxy) is 1. The van der Waals surface area contributed by atoms with Crippen molar-refractivity contribution in [3.8, 4) is 6.07 Å². The number of carbonyl (C=O) groups is 2. The zero-order valence-electron chi connectivity index (χ0n) is 12.0. The normalized spacial score (nSPS) is 10.6. The first-order chi connectivity index (χ1) is 11.1. The van der Waals surface area contributed by atoms with E-state index in [1.807, 2.05) is 18.2 Å². The Labute approximate surface area is 137 Å². The summed E-state index contributed by atoms with van der Waals surface area (Å²) in [5.74, 6) is -1.14. The number of hydrogen-bond donors (Lipinski definition) is 1. The number of nitrogens with zero attached hydrogens (tertiary/aromatic N) is 3. The molecule has 0 aromatic carbocycles. The molecule has 1 N–H and O–H groups in total. The highest BCUT2D eigenvalue weighted by molar-refractivity contribution is 6.31. The fourth-order valence-electron chi connectivity index (χ4n) is 1.78. The first-order valence-electron chi connectivity index (χ1n) is 6.73. The molecule has 1 amide bonds. The summed E-state index contributed by atoms with van der Waals surface area (Å²) in [4.78, 5) is 27.1. The molecule has 2 aromatic heterocycles. The fraction of sp³-hybridized carbons (Fsp3) is 0.200. The lowest BCUT2D eigenvalue weighted by Gasteiger charge is -2.02. The average Bonchev–Trinajstić information content (AvgIpc) is 2.86. The Balaban J connectivity index is 1.92. The van der Waals surface area contributed by atoms with Crippen molar-refractivity contribution in [2.45, 2.75) is 6.42 Å². The van der Waals surface area contributed by atoms with Crippen molar-refractivity contribution in [1.82, 2.24) is 14.7 Å². The van der Waals surface area contributed by atoms with Gasteiger partial charge < -0.3 is 10.1 Å². The van der Waals surface area contributed by atoms with Crippen LogP contribution in [0, 0.1) is 11.3 Å². The maximum atomic E-state index is 11.6. The van der Waals surface area contributed by atoms with Crippen molar-refractivity contribution in [2.75, 3.05) is 13.2 Å². The predicted molar refractivity (Wildman–Crippen MR) is 83.4 cm³/mol. The highest BCUT2D eigenvalue weighted by atomic mass is 35.5. The first kappa shape index (κ1) is 16.5. The lowest BCUT2D eigenvalue weighted by Crippen LogP contribution is -2.29. The van der Waals surface area contributed by atoms with Gasteiger partial charge in [-0.3, -0.25) is 9.20 Å². The van der Waals surface area contributed by atoms with Gasteiger partial charge in [-0.05, 0) is 18.2 Å². The number of imidazole rings is 1. The van der Waals surface area contributed by atoms with Crippen LogP contribution in [0.3, 0.4) is 0 Å². The minimum absolute atomic E-state index is 0.201. The van der Waals surface area contributed by atoms with Crippen LogP contribution in [0.4, 0.5) is 0 Å². The summed E-state index contributed by atoms with van der Waals surface area (Å²) in [6, 6.07) is 7.31. The average molecular weight is 333 g/mol. The van der Waals surface area contributed by atoms with Gasteiger partial charge in [0.05, 0.1) is 18.2 Å². The molecule has 0 radical (unpaired) electrons. The van der Waals surface area contributed by atoms with E-state index in [2.05, 4.69) is 10.3 Å². The molecule has 2 aromatic rings. The van der Waals surface area contributed by atoms with Crippen molar-refractivity contribution >= 4 is 35.2 Å². The fourth-order valence-corrected chi connectivity index (χ4v) is 2.02. The number of rotatable bonds is 6. The van der Waals surface area contributed by atoms with E-state index in [0.717, 1.165) is 0 Å². The van der Waals surface area contributed by atoms with Gasteiger partial charge >= 0.3 is 5.97 Å². The molecule has 0 atom stereocenters. The van der Waals surface area contributed by atoms with Crippen molar-refractivity contribution in [1.29, 1.82) is 5.26 Å². The molecule has 2 rings (SSSR count). The number of aromatic nitrogens is 2. The summed E-state index contributed by atoms with van der Waals surface area (Å²) in [6.07, 6.45) is 4.61. The molecule has 0 unspecified atom stereocenters. The predicted octanol–water partition coefficient (Wildman–Crippen LogP) is 1.57. The third-order valence-corrected chi connectivity index (χ3v) is 3.08. The van der Waals surface area contributed by atoms with Crippen LogP contribution in [0.15, 0.2) is 30.5 Å². The summed E-state index contributed by atoms with van der Waals surface area (Å²) in [5.41, 5.74) is 1.19. The molecule has 23 heavy (non-hydrogen) atoms. The van der Waals surface area contributed by atoms with E-state index < -0.39 is 18.5 Å². The van der Waals surface area contributed by atoms with Gasteiger partial charge in [0.2, 0.25) is 0 Å². The second kappa shape index (κ2) is 7.96. The number of hydrogen-bond acceptors (Lipinski definition) is 5. The largest absolute Gasteiger partial charge is 0.452 e. The Morgan fingerprint density at radius 1 is 1.48 bits per heavy atom. The Morgan fingerprint density at radius 3 is 3.09 bits per heavy atom. The summed E-state index contributed by atoms with van der Waals surface area (Å²) in [6.45, 7) is -0.185. The number of halogens is 1. The van der Waals surface area contributed by atoms with Gasteiger partial charge in [0.15, 0.2) is 11.8 Å². The Kier molecular flexibility index (Phi) is 5.72. The zero-order chi connectivity index (χ0) is 16.7. The molecule has 0 saturated heterocycles. The van der Waals surface area contributed by atoms with Gasteiger partial charge in [-0.2, -0.15) is 5.26 Å². The van der Waals surface area contributed by atoms with Crippen LogP contribution < -0.4 is 5.32 Å². The quantitative estimate of drug-likeness (QED) is 0.492. The lowest BCUT2D eigenvalue weighted by atomic mass is 10.4. The monoisotopic (exact) mass is 332 g/mol. The van der Waals surface area contributed by atoms with Crippen LogP contribution in [-0.4, -0.2) is 34.4 Å². The minimum Gasteiger partial charge on any atom is -0.452 e. The van der Waals surface area contributed by atoms with Crippen molar-refractivity contribution in [2.24, 2.45) is 0 Å². The topological polar surface area (TPSA) is 96.5 Å². The standard InChI is InChI=1S/C15H13ClN4O3/c16-15-11(20-9-2-1-4-12(20)19-15)5-6-14(22)23-10-13(21)18-8-3-7-17/h1-2,4-6,9H,3,8,10H2,(H,18,21)/b6-5+. The number of carbonyl (C=O) groups excluding carboxylic acids is 2. The summed E-state index contributed by atoms with van der Waals surface area (Å²) in [7, 11) is 0. The maximum Gasteiger partial charge on any atom is 0.331 e. The van der Waals surface area contributed by atoms with Crippen LogP contribution >= 0.6 is 11.6 Å². The lowest BCUT2D eigenvalue weighted by molar-refractivity contribution is -0.143. The molecule has 0 aliphatic rings. The van der Waals surface area contributed by atoms with Crippen LogP contribution in [0.5, 0.6) is 0 Å². The van der Waals surface area contributed by atoms with E-state index in [0.29, 0.717) is 11.3 Å². The van der Waals surface area contributed by atoms with Crippen LogP contribution in [0.25, 0.3) is 11.7 Å². The summed E-state index contributed by atoms with van der Waals surface area (Å²) in [5, 5.41) is 11.0. The second-order valence-electron chi connectivity index (χ2n) is 4.42. The van der Waals surface area contributed by atoms with Crippen LogP contribution in [0.1, 0.15) is 12.1 Å². The summed E-state index contributed by atoms with van der Waals surface area (Å²) >= 11 is 6.02. The van der Waals surface area contributed by atoms with Gasteiger partial charge in [0, 0.05) is 18.8 Å². The Morgan fingerprint density at radius 2 is 2.30 bits per heavy atom. The molecule has 0 bridgehead atoms. The van der Waals surface area contributed by atoms with E-state index in [-0.39, 0.29) is 18.1 Å². The third-order valence-electron chi connectivity index (χ3n) is 2.80. The van der Waals surface area contributed by atoms with E-state index in [1.165, 1.54) is 12.2 Å². The smallest absolute Gasteiger partial charge is 0.331 e. The van der Waals surface area contributed by atoms with Crippen molar-refractivity contribution < 1.29 is 14.3 Å². The number of nitriles is 1. The number of esters is 1. The van der Waals surface area contributed by atoms with Crippen molar-refractivity contribution in [3.63, 3.8) is 0 Å². The van der Waals surface area contributed by atoms with E-state index in [9.17, 15) is 9.59 Å². The zero-order valence-corrected chi connectivity index (χ0v) is 12.8. The SMILES string of the molecule is N#CCCNC(=O)COC(=O)/C=C/c1c(Cl)nc2ccccn12. The molecule has 0 spiro atoms. The van der Waals surface area contributed by atoms with Gasteiger partial charge in [0.25, 0.3) is 5.91 Å². The molecule has 0 saturated carbocycles. The highest BCUT2D eigenvalue weighted by Gasteiger charge is 2.08.